The highest BCUT2D eigenvalue weighted by Gasteiger charge is 2.09. The molecule has 0 radical (unpaired) electrons. The molecule has 1 nitrogen and oxygen atoms in total. The molecule has 1 rings (SSSR count). The zero-order chi connectivity index (χ0) is 11.1. The van der Waals surface area contributed by atoms with E-state index in [-0.39, 0.29) is 0 Å². The normalized spacial score (nSPS) is 9.86. The van der Waals surface area contributed by atoms with Gasteiger partial charge in [-0.05, 0) is 35.0 Å². The summed E-state index contributed by atoms with van der Waals surface area (Å²) in [5, 5.41) is 2.20. The predicted octanol–water partition coefficient (Wildman–Crippen LogP) is 4.08. The minimum Gasteiger partial charge on any atom is -0.405 e. The van der Waals surface area contributed by atoms with E-state index in [1.165, 1.54) is 11.8 Å². The molecular weight excluding hydrogens is 190 g/mol. The first kappa shape index (κ1) is 13.2. The summed E-state index contributed by atoms with van der Waals surface area (Å²) < 4.78 is 0. The largest absolute Gasteiger partial charge is 0.405 e. The second kappa shape index (κ2) is 6.66. The standard InChI is InChI=1S/C10H16S.C2H5N/c1-7(2)9-5-6-11-10(9)8(3)4;1-2-3/h5-8H,1-4H3;2H,1,3H2. The molecule has 1 aromatic heterocycles. The molecule has 14 heavy (non-hydrogen) atoms. The Hall–Kier alpha value is -0.760. The van der Waals surface area contributed by atoms with Gasteiger partial charge in [-0.15, -0.1) is 11.3 Å². The molecule has 0 bridgehead atoms. The lowest BCUT2D eigenvalue weighted by Crippen LogP contribution is -1.91. The second-order valence-electron chi connectivity index (χ2n) is 3.79. The molecule has 80 valence electrons. The molecule has 0 atom stereocenters. The summed E-state index contributed by atoms with van der Waals surface area (Å²) in [6.07, 6.45) is 1.25. The van der Waals surface area contributed by atoms with Gasteiger partial charge in [-0.25, -0.2) is 0 Å². The van der Waals surface area contributed by atoms with Gasteiger partial charge in [0.1, 0.15) is 0 Å². The summed E-state index contributed by atoms with van der Waals surface area (Å²) in [7, 11) is 0. The first-order valence-corrected chi connectivity index (χ1v) is 5.82. The van der Waals surface area contributed by atoms with Crippen LogP contribution in [-0.4, -0.2) is 0 Å². The zero-order valence-corrected chi connectivity index (χ0v) is 10.4. The quantitative estimate of drug-likeness (QED) is 0.783. The predicted molar refractivity (Wildman–Crippen MR) is 66.9 cm³/mol. The molecule has 0 aliphatic heterocycles. The van der Waals surface area contributed by atoms with Crippen molar-refractivity contribution < 1.29 is 0 Å². The van der Waals surface area contributed by atoms with Crippen molar-refractivity contribution in [2.24, 2.45) is 5.73 Å². The molecule has 2 heteroatoms. The Labute approximate surface area is 91.6 Å². The van der Waals surface area contributed by atoms with Crippen LogP contribution in [0.3, 0.4) is 0 Å². The maximum atomic E-state index is 4.61. The molecule has 1 aromatic rings. The maximum Gasteiger partial charge on any atom is 0.0105 e. The molecule has 0 aliphatic rings. The van der Waals surface area contributed by atoms with Crippen molar-refractivity contribution >= 4 is 11.3 Å². The molecule has 0 saturated heterocycles. The third kappa shape index (κ3) is 3.97. The van der Waals surface area contributed by atoms with E-state index in [9.17, 15) is 0 Å². The minimum absolute atomic E-state index is 0.679. The van der Waals surface area contributed by atoms with Crippen LogP contribution in [0.1, 0.15) is 50.0 Å². The van der Waals surface area contributed by atoms with Crippen LogP contribution in [0.5, 0.6) is 0 Å². The van der Waals surface area contributed by atoms with E-state index in [1.54, 1.807) is 4.88 Å². The lowest BCUT2D eigenvalue weighted by molar-refractivity contribution is 0.810. The number of rotatable bonds is 2. The van der Waals surface area contributed by atoms with Gasteiger partial charge < -0.3 is 5.73 Å². The van der Waals surface area contributed by atoms with Crippen LogP contribution in [0.15, 0.2) is 24.2 Å². The summed E-state index contributed by atoms with van der Waals surface area (Å²) >= 11 is 1.89. The summed E-state index contributed by atoms with van der Waals surface area (Å²) in [5.41, 5.74) is 6.14. The van der Waals surface area contributed by atoms with Crippen molar-refractivity contribution in [2.75, 3.05) is 0 Å². The lowest BCUT2D eigenvalue weighted by Gasteiger charge is -2.08. The summed E-state index contributed by atoms with van der Waals surface area (Å²) in [6.45, 7) is 12.2. The average Bonchev–Trinajstić information content (AvgIpc) is 2.52. The van der Waals surface area contributed by atoms with Crippen molar-refractivity contribution in [1.29, 1.82) is 0 Å². The first-order chi connectivity index (χ1) is 6.54. The van der Waals surface area contributed by atoms with Crippen molar-refractivity contribution in [3.8, 4) is 0 Å². The van der Waals surface area contributed by atoms with E-state index in [4.69, 9.17) is 0 Å². The maximum absolute atomic E-state index is 4.61. The summed E-state index contributed by atoms with van der Waals surface area (Å²) in [5.74, 6) is 1.37. The average molecular weight is 211 g/mol. The third-order valence-corrected chi connectivity index (χ3v) is 3.11. The van der Waals surface area contributed by atoms with E-state index in [1.807, 2.05) is 11.3 Å². The smallest absolute Gasteiger partial charge is 0.0105 e. The molecule has 0 aromatic carbocycles. The minimum atomic E-state index is 0.679. The van der Waals surface area contributed by atoms with Gasteiger partial charge in [0.15, 0.2) is 0 Å². The van der Waals surface area contributed by atoms with Crippen molar-refractivity contribution in [3.05, 3.63) is 34.7 Å². The van der Waals surface area contributed by atoms with Gasteiger partial charge in [0.2, 0.25) is 0 Å². The topological polar surface area (TPSA) is 26.0 Å². The van der Waals surface area contributed by atoms with Gasteiger partial charge in [0.05, 0.1) is 0 Å². The first-order valence-electron chi connectivity index (χ1n) is 4.94. The van der Waals surface area contributed by atoms with Crippen LogP contribution in [0.4, 0.5) is 0 Å². The van der Waals surface area contributed by atoms with Gasteiger partial charge in [-0.2, -0.15) is 0 Å². The Morgan fingerprint density at radius 3 is 2.07 bits per heavy atom. The van der Waals surface area contributed by atoms with Crippen LogP contribution in [0.25, 0.3) is 0 Å². The van der Waals surface area contributed by atoms with Crippen LogP contribution >= 0.6 is 11.3 Å². The zero-order valence-electron chi connectivity index (χ0n) is 9.58. The van der Waals surface area contributed by atoms with Crippen LogP contribution < -0.4 is 5.73 Å². The summed E-state index contributed by atoms with van der Waals surface area (Å²) in [4.78, 5) is 1.56. The molecule has 0 amide bonds. The van der Waals surface area contributed by atoms with Crippen molar-refractivity contribution in [3.63, 3.8) is 0 Å². The summed E-state index contributed by atoms with van der Waals surface area (Å²) in [6, 6.07) is 2.25. The van der Waals surface area contributed by atoms with E-state index in [0.717, 1.165) is 0 Å². The highest BCUT2D eigenvalue weighted by Crippen LogP contribution is 2.30. The van der Waals surface area contributed by atoms with Gasteiger partial charge in [0, 0.05) is 4.88 Å². The number of nitrogens with two attached hydrogens (primary N) is 1. The van der Waals surface area contributed by atoms with E-state index in [0.29, 0.717) is 11.8 Å². The number of thiophene rings is 1. The van der Waals surface area contributed by atoms with Crippen molar-refractivity contribution in [2.45, 2.75) is 39.5 Å². The van der Waals surface area contributed by atoms with Gasteiger partial charge >= 0.3 is 0 Å². The third-order valence-electron chi connectivity index (χ3n) is 1.87. The Balaban J connectivity index is 0.000000500. The molecule has 0 spiro atoms. The highest BCUT2D eigenvalue weighted by molar-refractivity contribution is 7.10. The molecule has 2 N–H and O–H groups in total. The fourth-order valence-corrected chi connectivity index (χ4v) is 2.35. The second-order valence-corrected chi connectivity index (χ2v) is 4.73. The Morgan fingerprint density at radius 1 is 1.29 bits per heavy atom. The lowest BCUT2D eigenvalue weighted by atomic mass is 9.99. The van der Waals surface area contributed by atoms with E-state index >= 15 is 0 Å². The molecular formula is C12H21NS. The van der Waals surface area contributed by atoms with E-state index in [2.05, 4.69) is 51.5 Å². The Kier molecular flexibility index (Phi) is 6.30. The van der Waals surface area contributed by atoms with Crippen molar-refractivity contribution in [1.82, 2.24) is 0 Å². The SMILES string of the molecule is C=CN.CC(C)c1ccsc1C(C)C. The molecule has 1 heterocycles. The molecule has 0 saturated carbocycles. The molecule has 0 unspecified atom stereocenters. The highest BCUT2D eigenvalue weighted by atomic mass is 32.1. The monoisotopic (exact) mass is 211 g/mol. The van der Waals surface area contributed by atoms with Crippen LogP contribution in [-0.2, 0) is 0 Å². The fraction of sp³-hybridized carbons (Fsp3) is 0.500. The molecule has 0 aliphatic carbocycles. The van der Waals surface area contributed by atoms with Crippen LogP contribution in [0, 0.1) is 0 Å². The number of hydrogen-bond acceptors (Lipinski definition) is 2. The van der Waals surface area contributed by atoms with Gasteiger partial charge in [-0.1, -0.05) is 34.3 Å². The Bertz CT molecular complexity index is 239. The van der Waals surface area contributed by atoms with Gasteiger partial charge in [0.25, 0.3) is 0 Å². The van der Waals surface area contributed by atoms with Crippen LogP contribution in [0.2, 0.25) is 0 Å². The Morgan fingerprint density at radius 2 is 1.79 bits per heavy atom. The number of hydrogen-bond donors (Lipinski definition) is 1. The van der Waals surface area contributed by atoms with E-state index < -0.39 is 0 Å². The molecule has 0 fully saturated rings. The fourth-order valence-electron chi connectivity index (χ4n) is 1.28. The van der Waals surface area contributed by atoms with Gasteiger partial charge in [-0.3, -0.25) is 0 Å².